The van der Waals surface area contributed by atoms with Crippen LogP contribution in [0.15, 0.2) is 82.6 Å². The second-order valence-corrected chi connectivity index (χ2v) is 8.50. The Morgan fingerprint density at radius 2 is 0.893 bits per heavy atom. The predicted molar refractivity (Wildman–Crippen MR) is 114 cm³/mol. The van der Waals surface area contributed by atoms with Crippen LogP contribution in [-0.4, -0.2) is 22.2 Å². The van der Waals surface area contributed by atoms with Crippen molar-refractivity contribution >= 4 is 55.1 Å². The Bertz CT molecular complexity index is 1140. The van der Waals surface area contributed by atoms with Gasteiger partial charge in [0.25, 0.3) is 0 Å². The van der Waals surface area contributed by atoms with Crippen LogP contribution in [0.4, 0.5) is 0 Å². The van der Waals surface area contributed by atoms with Gasteiger partial charge in [0, 0.05) is 9.79 Å². The summed E-state index contributed by atoms with van der Waals surface area (Å²) in [4.78, 5) is 24.3. The second-order valence-electron chi connectivity index (χ2n) is 6.22. The quantitative estimate of drug-likeness (QED) is 0.385. The van der Waals surface area contributed by atoms with E-state index in [0.29, 0.717) is 0 Å². The first kappa shape index (κ1) is 18.4. The molecule has 0 spiro atoms. The lowest BCUT2D eigenvalue weighted by atomic mass is 10.1. The first-order chi connectivity index (χ1) is 13.5. The van der Waals surface area contributed by atoms with Gasteiger partial charge in [-0.2, -0.15) is 0 Å². The van der Waals surface area contributed by atoms with Crippen LogP contribution in [0.2, 0.25) is 0 Å². The molecule has 138 valence electrons. The Morgan fingerprint density at radius 1 is 0.536 bits per heavy atom. The number of fused-ring (bicyclic) bond motifs is 2. The second kappa shape index (κ2) is 7.58. The summed E-state index contributed by atoms with van der Waals surface area (Å²) in [7, 11) is 3.24. The summed E-state index contributed by atoms with van der Waals surface area (Å²) in [5.74, 6) is -1.86. The van der Waals surface area contributed by atoms with E-state index in [1.54, 1.807) is 45.9 Å². The summed E-state index contributed by atoms with van der Waals surface area (Å²) in [5.41, 5.74) is 0.564. The van der Waals surface area contributed by atoms with Gasteiger partial charge in [0.1, 0.15) is 0 Å². The van der Waals surface area contributed by atoms with Gasteiger partial charge in [-0.3, -0.25) is 0 Å². The predicted octanol–water partition coefficient (Wildman–Crippen LogP) is 6.19. The third-order valence-corrected chi connectivity index (χ3v) is 6.73. The molecule has 0 heterocycles. The molecular formula is C22H14O4S2. The topological polar surface area (TPSA) is 74.6 Å². The van der Waals surface area contributed by atoms with Crippen molar-refractivity contribution in [2.24, 2.45) is 0 Å². The lowest BCUT2D eigenvalue weighted by Crippen LogP contribution is -1.95. The van der Waals surface area contributed by atoms with Crippen LogP contribution in [-0.2, 0) is 0 Å². The number of carboxylic acid groups (broad SMARTS) is 2. The minimum Gasteiger partial charge on any atom is -0.478 e. The molecule has 4 aromatic carbocycles. The highest BCUT2D eigenvalue weighted by atomic mass is 33.1. The zero-order valence-corrected chi connectivity index (χ0v) is 16.1. The van der Waals surface area contributed by atoms with E-state index < -0.39 is 11.9 Å². The van der Waals surface area contributed by atoms with Crippen LogP contribution in [0.5, 0.6) is 0 Å². The van der Waals surface area contributed by atoms with E-state index in [2.05, 4.69) is 0 Å². The molecule has 0 saturated carbocycles. The van der Waals surface area contributed by atoms with Gasteiger partial charge in [-0.15, -0.1) is 0 Å². The molecular weight excluding hydrogens is 392 g/mol. The zero-order chi connectivity index (χ0) is 19.7. The van der Waals surface area contributed by atoms with Crippen molar-refractivity contribution in [3.8, 4) is 0 Å². The van der Waals surface area contributed by atoms with Crippen LogP contribution in [0, 0.1) is 0 Å². The van der Waals surface area contributed by atoms with E-state index in [9.17, 15) is 9.59 Å². The van der Waals surface area contributed by atoms with Gasteiger partial charge in [0.15, 0.2) is 0 Å². The molecule has 0 fully saturated rings. The smallest absolute Gasteiger partial charge is 0.335 e. The molecule has 0 atom stereocenters. The fourth-order valence-electron chi connectivity index (χ4n) is 2.91. The Labute approximate surface area is 168 Å². The standard InChI is InChI=1S/C22H14O4S2/c23-21(24)17-3-1-15-11-19(7-5-13(15)9-17)27-28-20-8-6-14-10-18(22(25)26)4-2-16(14)12-20/h1-12H,(H,23,24)(H,25,26). The number of carbonyl (C=O) groups is 2. The molecule has 0 aliphatic heterocycles. The van der Waals surface area contributed by atoms with Gasteiger partial charge >= 0.3 is 11.9 Å². The van der Waals surface area contributed by atoms with Gasteiger partial charge in [-0.25, -0.2) is 9.59 Å². The number of rotatable bonds is 5. The van der Waals surface area contributed by atoms with Crippen molar-refractivity contribution in [2.75, 3.05) is 0 Å². The highest BCUT2D eigenvalue weighted by Gasteiger charge is 2.07. The summed E-state index contributed by atoms with van der Waals surface area (Å²) in [6, 6.07) is 22.1. The molecule has 4 rings (SSSR count). The lowest BCUT2D eigenvalue weighted by molar-refractivity contribution is 0.0686. The van der Waals surface area contributed by atoms with Crippen molar-refractivity contribution in [2.45, 2.75) is 9.79 Å². The van der Waals surface area contributed by atoms with E-state index in [0.717, 1.165) is 31.3 Å². The number of hydrogen-bond donors (Lipinski definition) is 2. The van der Waals surface area contributed by atoms with Gasteiger partial charge in [-0.05, 0) is 70.1 Å². The van der Waals surface area contributed by atoms with Crippen molar-refractivity contribution in [1.82, 2.24) is 0 Å². The van der Waals surface area contributed by atoms with Crippen LogP contribution < -0.4 is 0 Å². The molecule has 0 bridgehead atoms. The zero-order valence-electron chi connectivity index (χ0n) is 14.5. The maximum absolute atomic E-state index is 11.1. The molecule has 0 saturated heterocycles. The summed E-state index contributed by atoms with van der Waals surface area (Å²) >= 11 is 0. The number of carboxylic acids is 2. The molecule has 4 nitrogen and oxygen atoms in total. The first-order valence-corrected chi connectivity index (χ1v) is 10.5. The van der Waals surface area contributed by atoms with Crippen molar-refractivity contribution in [3.63, 3.8) is 0 Å². The Hall–Kier alpha value is -2.96. The molecule has 6 heteroatoms. The molecule has 4 aromatic rings. The number of hydrogen-bond acceptors (Lipinski definition) is 4. The Kier molecular flexibility index (Phi) is 4.98. The third-order valence-electron chi connectivity index (χ3n) is 4.35. The number of aromatic carboxylic acids is 2. The molecule has 28 heavy (non-hydrogen) atoms. The van der Waals surface area contributed by atoms with E-state index in [4.69, 9.17) is 10.2 Å². The van der Waals surface area contributed by atoms with E-state index in [-0.39, 0.29) is 11.1 Å². The Balaban J connectivity index is 1.53. The normalized spacial score (nSPS) is 11.0. The lowest BCUT2D eigenvalue weighted by Gasteiger charge is -2.06. The summed E-state index contributed by atoms with van der Waals surface area (Å²) in [6.07, 6.45) is 0. The minimum atomic E-state index is -0.928. The monoisotopic (exact) mass is 406 g/mol. The van der Waals surface area contributed by atoms with Gasteiger partial charge < -0.3 is 10.2 Å². The molecule has 0 amide bonds. The molecule has 0 aliphatic rings. The largest absolute Gasteiger partial charge is 0.478 e. The first-order valence-electron chi connectivity index (χ1n) is 8.38. The van der Waals surface area contributed by atoms with Crippen LogP contribution in [0.3, 0.4) is 0 Å². The summed E-state index contributed by atoms with van der Waals surface area (Å²) in [5, 5.41) is 22.0. The van der Waals surface area contributed by atoms with E-state index in [1.165, 1.54) is 0 Å². The third kappa shape index (κ3) is 3.83. The average Bonchev–Trinajstić information content (AvgIpc) is 2.71. The molecule has 2 N–H and O–H groups in total. The van der Waals surface area contributed by atoms with E-state index in [1.807, 2.05) is 48.5 Å². The maximum atomic E-state index is 11.1. The number of benzene rings is 4. The highest BCUT2D eigenvalue weighted by molar-refractivity contribution is 8.76. The fourth-order valence-corrected chi connectivity index (χ4v) is 4.90. The summed E-state index contributed by atoms with van der Waals surface area (Å²) < 4.78 is 0. The van der Waals surface area contributed by atoms with Crippen molar-refractivity contribution in [3.05, 3.63) is 83.9 Å². The van der Waals surface area contributed by atoms with Gasteiger partial charge in [0.05, 0.1) is 11.1 Å². The van der Waals surface area contributed by atoms with Gasteiger partial charge in [0.2, 0.25) is 0 Å². The molecule has 0 aromatic heterocycles. The summed E-state index contributed by atoms with van der Waals surface area (Å²) in [6.45, 7) is 0. The van der Waals surface area contributed by atoms with Crippen LogP contribution in [0.1, 0.15) is 20.7 Å². The SMILES string of the molecule is O=C(O)c1ccc2cc(SSc3ccc4cc(C(=O)O)ccc4c3)ccc2c1. The average molecular weight is 406 g/mol. The van der Waals surface area contributed by atoms with Gasteiger partial charge in [-0.1, -0.05) is 45.9 Å². The van der Waals surface area contributed by atoms with E-state index >= 15 is 0 Å². The molecule has 0 aliphatic carbocycles. The Morgan fingerprint density at radius 3 is 1.29 bits per heavy atom. The van der Waals surface area contributed by atoms with Crippen LogP contribution in [0.25, 0.3) is 21.5 Å². The van der Waals surface area contributed by atoms with Crippen molar-refractivity contribution < 1.29 is 19.8 Å². The van der Waals surface area contributed by atoms with Crippen LogP contribution >= 0.6 is 21.6 Å². The van der Waals surface area contributed by atoms with Crippen molar-refractivity contribution in [1.29, 1.82) is 0 Å². The molecule has 0 unspecified atom stereocenters. The fraction of sp³-hybridized carbons (Fsp3) is 0. The highest BCUT2D eigenvalue weighted by Crippen LogP contribution is 2.39. The minimum absolute atomic E-state index is 0.282. The molecule has 0 radical (unpaired) electrons. The maximum Gasteiger partial charge on any atom is 0.335 e.